The van der Waals surface area contributed by atoms with Crippen LogP contribution in [-0.2, 0) is 28.5 Å². The predicted octanol–water partition coefficient (Wildman–Crippen LogP) is 14.2. The lowest BCUT2D eigenvalue weighted by Crippen LogP contribution is -2.59. The van der Waals surface area contributed by atoms with Crippen molar-refractivity contribution in [3.63, 3.8) is 0 Å². The number of esters is 2. The molecule has 1 aliphatic heterocycles. The second-order valence-corrected chi connectivity index (χ2v) is 20.1. The molecular weight excluding hydrogens is 845 g/mol. The van der Waals surface area contributed by atoms with Crippen LogP contribution in [0.2, 0.25) is 0 Å². The monoisotopic (exact) mass is 953 g/mol. The summed E-state index contributed by atoms with van der Waals surface area (Å²) in [7, 11) is 0. The number of aliphatic hydroxyl groups is 4. The molecular formula is C57H108O10. The van der Waals surface area contributed by atoms with Crippen molar-refractivity contribution in [1.82, 2.24) is 0 Å². The van der Waals surface area contributed by atoms with E-state index in [9.17, 15) is 30.0 Å². The molecule has 1 saturated heterocycles. The molecule has 1 rings (SSSR count). The summed E-state index contributed by atoms with van der Waals surface area (Å²) in [6.07, 6.45) is 48.0. The minimum Gasteiger partial charge on any atom is -0.462 e. The van der Waals surface area contributed by atoms with E-state index in [1.54, 1.807) is 0 Å². The summed E-state index contributed by atoms with van der Waals surface area (Å²) in [6.45, 7) is 3.49. The third-order valence-electron chi connectivity index (χ3n) is 13.7. The largest absolute Gasteiger partial charge is 0.462 e. The first-order valence-electron chi connectivity index (χ1n) is 28.8. The first-order valence-corrected chi connectivity index (χ1v) is 28.8. The van der Waals surface area contributed by atoms with Crippen molar-refractivity contribution in [2.45, 2.75) is 320 Å². The van der Waals surface area contributed by atoms with E-state index in [1.165, 1.54) is 212 Å². The number of hydrogen-bond acceptors (Lipinski definition) is 10. The third kappa shape index (κ3) is 38.8. The third-order valence-corrected chi connectivity index (χ3v) is 13.7. The molecule has 10 heteroatoms. The summed E-state index contributed by atoms with van der Waals surface area (Å²) < 4.78 is 22.3. The lowest BCUT2D eigenvalue weighted by atomic mass is 9.99. The van der Waals surface area contributed by atoms with Crippen molar-refractivity contribution in [2.75, 3.05) is 19.8 Å². The molecule has 1 heterocycles. The number of rotatable bonds is 50. The van der Waals surface area contributed by atoms with E-state index >= 15 is 0 Å². The zero-order valence-corrected chi connectivity index (χ0v) is 43.7. The minimum atomic E-state index is -1.59. The second-order valence-electron chi connectivity index (χ2n) is 20.1. The highest BCUT2D eigenvalue weighted by Gasteiger charge is 2.44. The first-order chi connectivity index (χ1) is 32.8. The zero-order chi connectivity index (χ0) is 48.7. The Bertz CT molecular complexity index is 1100. The fraction of sp³-hybridized carbons (Fsp3) is 0.930. The van der Waals surface area contributed by atoms with E-state index in [4.69, 9.17) is 18.9 Å². The highest BCUT2D eigenvalue weighted by molar-refractivity contribution is 5.70. The van der Waals surface area contributed by atoms with Gasteiger partial charge in [-0.2, -0.15) is 0 Å². The molecule has 0 aromatic heterocycles. The van der Waals surface area contributed by atoms with Gasteiger partial charge in [0.1, 0.15) is 31.0 Å². The van der Waals surface area contributed by atoms with E-state index in [-0.39, 0.29) is 32.0 Å². The van der Waals surface area contributed by atoms with Crippen LogP contribution in [0.4, 0.5) is 0 Å². The lowest BCUT2D eigenvalue weighted by Gasteiger charge is -2.39. The van der Waals surface area contributed by atoms with Crippen LogP contribution in [0.1, 0.15) is 284 Å². The highest BCUT2D eigenvalue weighted by Crippen LogP contribution is 2.23. The maximum absolute atomic E-state index is 12.9. The standard InChI is InChI=1S/C57H108O10/c1-3-5-7-9-11-13-15-17-19-21-23-24-25-26-28-30-32-34-36-38-40-42-44-46-53(60)66-50(49-65-57-56(63)55(62)54(61)51(47-58)67-57)48-64-52(59)45-43-41-39-37-35-33-31-29-27-22-20-18-16-14-12-10-8-6-4-2/h21,23,50-51,54-58,61-63H,3-20,22,24-49H2,1-2H3/b23-21-. The zero-order valence-electron chi connectivity index (χ0n) is 43.7. The van der Waals surface area contributed by atoms with E-state index in [0.717, 1.165) is 38.5 Å². The topological polar surface area (TPSA) is 152 Å². The maximum Gasteiger partial charge on any atom is 0.306 e. The number of unbranched alkanes of at least 4 members (excludes halogenated alkanes) is 37. The van der Waals surface area contributed by atoms with Crippen LogP contribution in [0.15, 0.2) is 12.2 Å². The van der Waals surface area contributed by atoms with Gasteiger partial charge in [-0.3, -0.25) is 9.59 Å². The number of ether oxygens (including phenoxy) is 4. The normalized spacial score (nSPS) is 19.0. The van der Waals surface area contributed by atoms with Gasteiger partial charge in [-0.1, -0.05) is 244 Å². The molecule has 0 spiro atoms. The number of carbonyl (C=O) groups is 2. The van der Waals surface area contributed by atoms with Crippen molar-refractivity contribution in [2.24, 2.45) is 0 Å². The summed E-state index contributed by atoms with van der Waals surface area (Å²) >= 11 is 0. The molecule has 0 aliphatic carbocycles. The van der Waals surface area contributed by atoms with Crippen molar-refractivity contribution in [3.05, 3.63) is 12.2 Å². The summed E-state index contributed by atoms with van der Waals surface area (Å²) in [6, 6.07) is 0. The van der Waals surface area contributed by atoms with Gasteiger partial charge in [0.15, 0.2) is 12.4 Å². The highest BCUT2D eigenvalue weighted by atomic mass is 16.7. The van der Waals surface area contributed by atoms with Crippen LogP contribution in [0, 0.1) is 0 Å². The van der Waals surface area contributed by atoms with Gasteiger partial charge in [-0.15, -0.1) is 0 Å². The summed E-state index contributed by atoms with van der Waals surface area (Å²) in [5, 5.41) is 40.3. The van der Waals surface area contributed by atoms with Gasteiger partial charge >= 0.3 is 11.9 Å². The van der Waals surface area contributed by atoms with E-state index in [0.29, 0.717) is 6.42 Å². The number of hydrogen-bond donors (Lipinski definition) is 4. The Labute approximate surface area is 411 Å². The molecule has 1 fully saturated rings. The molecule has 0 aromatic rings. The SMILES string of the molecule is CCCCCCCCCC/C=C\CCCCCCCCCCCCCC(=O)OC(COC(=O)CCCCCCCCCCCCCCCCCCCCC)COC1OC(CO)C(O)C(O)C1O. The minimum absolute atomic E-state index is 0.211. The number of carbonyl (C=O) groups excluding carboxylic acids is 2. The van der Waals surface area contributed by atoms with Crippen LogP contribution in [0.3, 0.4) is 0 Å². The van der Waals surface area contributed by atoms with E-state index in [1.807, 2.05) is 0 Å². The fourth-order valence-corrected chi connectivity index (χ4v) is 9.13. The fourth-order valence-electron chi connectivity index (χ4n) is 9.13. The van der Waals surface area contributed by atoms with Crippen LogP contribution in [-0.4, -0.2) is 89.0 Å². The number of allylic oxidation sites excluding steroid dienone is 2. The Morgan fingerprint density at radius 2 is 0.791 bits per heavy atom. The molecule has 0 bridgehead atoms. The first kappa shape index (κ1) is 63.5. The predicted molar refractivity (Wildman–Crippen MR) is 275 cm³/mol. The molecule has 6 atom stereocenters. The lowest BCUT2D eigenvalue weighted by molar-refractivity contribution is -0.305. The molecule has 0 radical (unpaired) electrons. The Kier molecular flexibility index (Phi) is 45.5. The smallest absolute Gasteiger partial charge is 0.306 e. The van der Waals surface area contributed by atoms with Crippen LogP contribution in [0.25, 0.3) is 0 Å². The Morgan fingerprint density at radius 1 is 0.448 bits per heavy atom. The Balaban J connectivity index is 2.19. The Morgan fingerprint density at radius 3 is 1.16 bits per heavy atom. The quantitative estimate of drug-likeness (QED) is 0.0263. The van der Waals surface area contributed by atoms with Crippen LogP contribution in [0.5, 0.6) is 0 Å². The summed E-state index contributed by atoms with van der Waals surface area (Å²) in [4.78, 5) is 25.5. The van der Waals surface area contributed by atoms with Crippen molar-refractivity contribution in [1.29, 1.82) is 0 Å². The summed E-state index contributed by atoms with van der Waals surface area (Å²) in [5.74, 6) is -0.788. The average Bonchev–Trinajstić information content (AvgIpc) is 3.33. The second kappa shape index (κ2) is 48.1. The van der Waals surface area contributed by atoms with Crippen molar-refractivity contribution in [3.8, 4) is 0 Å². The molecule has 67 heavy (non-hydrogen) atoms. The van der Waals surface area contributed by atoms with E-state index < -0.39 is 49.4 Å². The van der Waals surface area contributed by atoms with E-state index in [2.05, 4.69) is 26.0 Å². The van der Waals surface area contributed by atoms with Gasteiger partial charge in [0.2, 0.25) is 0 Å². The molecule has 0 amide bonds. The average molecular weight is 953 g/mol. The maximum atomic E-state index is 12.9. The molecule has 1 aliphatic rings. The molecule has 6 unspecified atom stereocenters. The molecule has 0 aromatic carbocycles. The van der Waals surface area contributed by atoms with Gasteiger partial charge in [0.05, 0.1) is 13.2 Å². The molecule has 4 N–H and O–H groups in total. The van der Waals surface area contributed by atoms with Gasteiger partial charge < -0.3 is 39.4 Å². The summed E-state index contributed by atoms with van der Waals surface area (Å²) in [5.41, 5.74) is 0. The van der Waals surface area contributed by atoms with Crippen LogP contribution < -0.4 is 0 Å². The molecule has 10 nitrogen and oxygen atoms in total. The van der Waals surface area contributed by atoms with Gasteiger partial charge in [-0.05, 0) is 38.5 Å². The Hall–Kier alpha value is -1.56. The van der Waals surface area contributed by atoms with Gasteiger partial charge in [0, 0.05) is 12.8 Å². The van der Waals surface area contributed by atoms with Crippen LogP contribution >= 0.6 is 0 Å². The molecule has 0 saturated carbocycles. The van der Waals surface area contributed by atoms with Crippen molar-refractivity contribution >= 4 is 11.9 Å². The van der Waals surface area contributed by atoms with Crippen molar-refractivity contribution < 1.29 is 49.0 Å². The number of aliphatic hydroxyl groups excluding tert-OH is 4. The van der Waals surface area contributed by atoms with Gasteiger partial charge in [-0.25, -0.2) is 0 Å². The molecule has 396 valence electrons. The van der Waals surface area contributed by atoms with Gasteiger partial charge in [0.25, 0.3) is 0 Å².